The van der Waals surface area contributed by atoms with Crippen LogP contribution in [0.5, 0.6) is 5.75 Å². The van der Waals surface area contributed by atoms with Crippen LogP contribution in [0.25, 0.3) is 0 Å². The Morgan fingerprint density at radius 1 is 1.14 bits per heavy atom. The summed E-state index contributed by atoms with van der Waals surface area (Å²) in [6.45, 7) is 9.60. The third-order valence-corrected chi connectivity index (χ3v) is 4.72. The molecule has 1 aromatic carbocycles. The van der Waals surface area contributed by atoms with Crippen LogP contribution in [0.2, 0.25) is 10.0 Å². The molecule has 124 valence electrons. The minimum atomic E-state index is -0.0790. The van der Waals surface area contributed by atoms with Gasteiger partial charge in [-0.05, 0) is 31.2 Å². The minimum Gasteiger partial charge on any atom is -0.491 e. The summed E-state index contributed by atoms with van der Waals surface area (Å²) in [5, 5.41) is 10.8. The Kier molecular flexibility index (Phi) is 6.78. The third kappa shape index (κ3) is 4.06. The fraction of sp³-hybridized carbons (Fsp3) is 0.625. The molecule has 1 N–H and O–H groups in total. The second-order valence-electron chi connectivity index (χ2n) is 5.42. The molecular formula is C16H24Cl2N2O2. The molecule has 0 spiro atoms. The first kappa shape index (κ1) is 17.8. The average molecular weight is 347 g/mol. The average Bonchev–Trinajstić information content (AvgIpc) is 2.52. The van der Waals surface area contributed by atoms with Gasteiger partial charge in [0.05, 0.1) is 29.3 Å². The Labute approximate surface area is 142 Å². The maximum absolute atomic E-state index is 9.84. The van der Waals surface area contributed by atoms with Crippen LogP contribution in [0.3, 0.4) is 0 Å². The van der Waals surface area contributed by atoms with Crippen molar-refractivity contribution in [1.82, 2.24) is 9.80 Å². The van der Waals surface area contributed by atoms with Gasteiger partial charge in [0.1, 0.15) is 0 Å². The second-order valence-corrected chi connectivity index (χ2v) is 6.23. The van der Waals surface area contributed by atoms with E-state index in [9.17, 15) is 5.11 Å². The van der Waals surface area contributed by atoms with Crippen molar-refractivity contribution in [3.63, 3.8) is 0 Å². The first-order chi connectivity index (χ1) is 10.6. The molecule has 6 heteroatoms. The van der Waals surface area contributed by atoms with Gasteiger partial charge in [0.25, 0.3) is 0 Å². The maximum Gasteiger partial charge on any atom is 0.156 e. The van der Waals surface area contributed by atoms with Crippen molar-refractivity contribution < 1.29 is 9.84 Å². The van der Waals surface area contributed by atoms with Crippen LogP contribution >= 0.6 is 23.2 Å². The van der Waals surface area contributed by atoms with Crippen LogP contribution in [-0.4, -0.2) is 60.8 Å². The molecule has 2 rings (SSSR count). The van der Waals surface area contributed by atoms with Gasteiger partial charge in [0.15, 0.2) is 5.75 Å². The van der Waals surface area contributed by atoms with Crippen molar-refractivity contribution in [2.75, 3.05) is 45.9 Å². The number of nitrogens with zero attached hydrogens (tertiary/aromatic N) is 2. The Morgan fingerprint density at radius 2 is 1.73 bits per heavy atom. The highest BCUT2D eigenvalue weighted by Gasteiger charge is 2.25. The summed E-state index contributed by atoms with van der Waals surface area (Å²) < 4.78 is 5.46. The van der Waals surface area contributed by atoms with Gasteiger partial charge in [-0.2, -0.15) is 0 Å². The summed E-state index contributed by atoms with van der Waals surface area (Å²) in [6, 6.07) is 3.63. The highest BCUT2D eigenvalue weighted by molar-refractivity contribution is 6.37. The molecule has 1 aliphatic rings. The number of hydrogen-bond acceptors (Lipinski definition) is 4. The lowest BCUT2D eigenvalue weighted by atomic mass is 10.0. The van der Waals surface area contributed by atoms with Gasteiger partial charge in [-0.3, -0.25) is 4.90 Å². The van der Waals surface area contributed by atoms with Gasteiger partial charge in [-0.25, -0.2) is 0 Å². The van der Waals surface area contributed by atoms with Gasteiger partial charge >= 0.3 is 0 Å². The second kappa shape index (κ2) is 8.37. The van der Waals surface area contributed by atoms with Crippen molar-refractivity contribution >= 4 is 23.2 Å². The molecule has 1 aromatic rings. The number of rotatable bonds is 6. The number of piperazine rings is 1. The highest BCUT2D eigenvalue weighted by atomic mass is 35.5. The van der Waals surface area contributed by atoms with E-state index in [4.69, 9.17) is 27.9 Å². The molecule has 0 aromatic heterocycles. The Bertz CT molecular complexity index is 468. The summed E-state index contributed by atoms with van der Waals surface area (Å²) in [6.07, 6.45) is 0. The molecular weight excluding hydrogens is 323 g/mol. The predicted molar refractivity (Wildman–Crippen MR) is 91.1 cm³/mol. The Hall–Kier alpha value is -0.520. The summed E-state index contributed by atoms with van der Waals surface area (Å²) in [5.41, 5.74) is 0.936. The highest BCUT2D eigenvalue weighted by Crippen LogP contribution is 2.37. The molecule has 1 saturated heterocycles. The van der Waals surface area contributed by atoms with Crippen molar-refractivity contribution in [3.8, 4) is 5.75 Å². The van der Waals surface area contributed by atoms with E-state index in [1.807, 2.05) is 19.1 Å². The number of aliphatic hydroxyl groups excluding tert-OH is 1. The summed E-state index contributed by atoms with van der Waals surface area (Å²) in [5.74, 6) is 0.516. The molecule has 0 radical (unpaired) electrons. The fourth-order valence-corrected chi connectivity index (χ4v) is 3.49. The van der Waals surface area contributed by atoms with E-state index in [2.05, 4.69) is 16.7 Å². The van der Waals surface area contributed by atoms with Crippen LogP contribution in [0.4, 0.5) is 0 Å². The minimum absolute atomic E-state index is 0.0484. The molecule has 1 aliphatic heterocycles. The summed E-state index contributed by atoms with van der Waals surface area (Å²) in [4.78, 5) is 4.69. The predicted octanol–water partition coefficient (Wildman–Crippen LogP) is 3.06. The number of likely N-dealkylation sites (N-methyl/N-ethyl adjacent to an activating group) is 1. The molecule has 1 fully saturated rings. The van der Waals surface area contributed by atoms with E-state index >= 15 is 0 Å². The van der Waals surface area contributed by atoms with Crippen LogP contribution < -0.4 is 4.74 Å². The summed E-state index contributed by atoms with van der Waals surface area (Å²) >= 11 is 12.6. The lowest BCUT2D eigenvalue weighted by Crippen LogP contribution is -2.48. The zero-order valence-electron chi connectivity index (χ0n) is 13.2. The lowest BCUT2D eigenvalue weighted by Gasteiger charge is -2.38. The number of aliphatic hydroxyl groups is 1. The van der Waals surface area contributed by atoms with Crippen LogP contribution in [0.15, 0.2) is 12.1 Å². The molecule has 0 saturated carbocycles. The van der Waals surface area contributed by atoms with Gasteiger partial charge < -0.3 is 14.7 Å². The van der Waals surface area contributed by atoms with Crippen LogP contribution in [0.1, 0.15) is 25.5 Å². The van der Waals surface area contributed by atoms with Crippen LogP contribution in [0, 0.1) is 0 Å². The van der Waals surface area contributed by atoms with Gasteiger partial charge in [0.2, 0.25) is 0 Å². The first-order valence-corrected chi connectivity index (χ1v) is 8.55. The number of benzene rings is 1. The van der Waals surface area contributed by atoms with Crippen molar-refractivity contribution in [2.45, 2.75) is 19.9 Å². The molecule has 1 atom stereocenters. The van der Waals surface area contributed by atoms with E-state index in [0.29, 0.717) is 22.4 Å². The lowest BCUT2D eigenvalue weighted by molar-refractivity contribution is 0.0672. The molecule has 4 nitrogen and oxygen atoms in total. The zero-order valence-corrected chi connectivity index (χ0v) is 14.7. The standard InChI is InChI=1S/C16H24Cl2N2O2/c1-3-19-5-7-20(8-6-19)15(11-21)12-9-13(17)16(22-4-2)14(18)10-12/h9-10,15,21H,3-8,11H2,1-2H3. The largest absolute Gasteiger partial charge is 0.491 e. The van der Waals surface area contributed by atoms with Crippen molar-refractivity contribution in [2.24, 2.45) is 0 Å². The molecule has 0 amide bonds. The zero-order chi connectivity index (χ0) is 16.1. The number of halogens is 2. The maximum atomic E-state index is 9.84. The van der Waals surface area contributed by atoms with Gasteiger partial charge in [0, 0.05) is 26.2 Å². The van der Waals surface area contributed by atoms with E-state index in [1.54, 1.807) is 0 Å². The molecule has 0 bridgehead atoms. The summed E-state index contributed by atoms with van der Waals surface area (Å²) in [7, 11) is 0. The van der Waals surface area contributed by atoms with E-state index in [-0.39, 0.29) is 12.6 Å². The SMILES string of the molecule is CCOc1c(Cl)cc(C(CO)N2CCN(CC)CC2)cc1Cl. The van der Waals surface area contributed by atoms with Crippen LogP contribution in [-0.2, 0) is 0 Å². The van der Waals surface area contributed by atoms with Crippen molar-refractivity contribution in [1.29, 1.82) is 0 Å². The molecule has 1 unspecified atom stereocenters. The Morgan fingerprint density at radius 3 is 2.18 bits per heavy atom. The quantitative estimate of drug-likeness (QED) is 0.858. The Balaban J connectivity index is 2.17. The van der Waals surface area contributed by atoms with E-state index in [1.165, 1.54) is 0 Å². The number of hydrogen-bond donors (Lipinski definition) is 1. The fourth-order valence-electron chi connectivity index (χ4n) is 2.88. The monoisotopic (exact) mass is 346 g/mol. The smallest absolute Gasteiger partial charge is 0.156 e. The normalized spacial score (nSPS) is 18.4. The van der Waals surface area contributed by atoms with Crippen molar-refractivity contribution in [3.05, 3.63) is 27.7 Å². The molecule has 0 aliphatic carbocycles. The van der Waals surface area contributed by atoms with Gasteiger partial charge in [-0.1, -0.05) is 30.1 Å². The van der Waals surface area contributed by atoms with E-state index in [0.717, 1.165) is 38.3 Å². The van der Waals surface area contributed by atoms with Gasteiger partial charge in [-0.15, -0.1) is 0 Å². The molecule has 1 heterocycles. The number of ether oxygens (including phenoxy) is 1. The first-order valence-electron chi connectivity index (χ1n) is 7.79. The topological polar surface area (TPSA) is 35.9 Å². The molecule has 22 heavy (non-hydrogen) atoms. The van der Waals surface area contributed by atoms with E-state index < -0.39 is 0 Å². The third-order valence-electron chi connectivity index (χ3n) is 4.16.